The summed E-state index contributed by atoms with van der Waals surface area (Å²) in [5.41, 5.74) is 1.58. The number of nitroso groups, excluding NO2 is 1. The van der Waals surface area contributed by atoms with Crippen molar-refractivity contribution in [3.63, 3.8) is 0 Å². The standard InChI is InChI=1S/C8H6N2O2/c11-8-9-7-4-2-1-3-6(7)5-10(8)12/h1-4H,5H2/p+1. The first-order chi connectivity index (χ1) is 5.77. The number of urea groups is 1. The Labute approximate surface area is 68.8 Å². The lowest BCUT2D eigenvalue weighted by molar-refractivity contribution is -0.464. The van der Waals surface area contributed by atoms with Crippen LogP contribution in [0, 0.1) is 4.91 Å². The van der Waals surface area contributed by atoms with Crippen LogP contribution < -0.4 is 5.32 Å². The van der Waals surface area contributed by atoms with E-state index in [0.29, 0.717) is 4.76 Å². The van der Waals surface area contributed by atoms with Gasteiger partial charge in [0.1, 0.15) is 5.69 Å². The number of benzene rings is 1. The van der Waals surface area contributed by atoms with Crippen molar-refractivity contribution in [1.82, 2.24) is 0 Å². The van der Waals surface area contributed by atoms with Crippen LogP contribution in [0.3, 0.4) is 0 Å². The second-order valence-corrected chi connectivity index (χ2v) is 2.62. The van der Waals surface area contributed by atoms with Crippen molar-refractivity contribution in [2.75, 3.05) is 5.32 Å². The van der Waals surface area contributed by atoms with Gasteiger partial charge in [-0.2, -0.15) is 4.79 Å². The van der Waals surface area contributed by atoms with Crippen molar-refractivity contribution in [3.8, 4) is 0 Å². The van der Waals surface area contributed by atoms with Gasteiger partial charge in [0.2, 0.25) is 0 Å². The van der Waals surface area contributed by atoms with Gasteiger partial charge in [-0.25, -0.2) is 5.32 Å². The highest BCUT2D eigenvalue weighted by Crippen LogP contribution is 2.19. The van der Waals surface area contributed by atoms with E-state index >= 15 is 0 Å². The quantitative estimate of drug-likeness (QED) is 0.589. The molecule has 0 aromatic heterocycles. The van der Waals surface area contributed by atoms with E-state index in [2.05, 4.69) is 5.32 Å². The van der Waals surface area contributed by atoms with Crippen molar-refractivity contribution < 1.29 is 9.55 Å². The van der Waals surface area contributed by atoms with E-state index in [1.54, 1.807) is 6.07 Å². The molecule has 2 amide bonds. The van der Waals surface area contributed by atoms with Gasteiger partial charge in [0.15, 0.2) is 6.54 Å². The summed E-state index contributed by atoms with van der Waals surface area (Å²) in [4.78, 5) is 21.7. The molecule has 0 atom stereocenters. The van der Waals surface area contributed by atoms with Crippen LogP contribution in [0.5, 0.6) is 0 Å². The maximum atomic E-state index is 10.9. The van der Waals surface area contributed by atoms with Crippen molar-refractivity contribution in [1.29, 1.82) is 0 Å². The summed E-state index contributed by atoms with van der Waals surface area (Å²) in [6, 6.07) is 6.66. The highest BCUT2D eigenvalue weighted by atomic mass is 16.3. The molecule has 12 heavy (non-hydrogen) atoms. The summed E-state index contributed by atoms with van der Waals surface area (Å²) < 4.78 is 0.405. The Kier molecular flexibility index (Phi) is 1.40. The van der Waals surface area contributed by atoms with Crippen molar-refractivity contribution in [3.05, 3.63) is 34.7 Å². The van der Waals surface area contributed by atoms with Crippen LogP contribution in [0.1, 0.15) is 5.56 Å². The molecule has 4 heteroatoms. The Morgan fingerprint density at radius 2 is 2.08 bits per heavy atom. The number of hydrogen-bond donors (Lipinski definition) is 1. The predicted molar refractivity (Wildman–Crippen MR) is 42.8 cm³/mol. The lowest BCUT2D eigenvalue weighted by Crippen LogP contribution is -2.29. The van der Waals surface area contributed by atoms with Crippen LogP contribution in [0.2, 0.25) is 0 Å². The molecule has 0 aliphatic carbocycles. The number of nitrogens with zero attached hydrogens (tertiary/aromatic N) is 1. The molecule has 1 aromatic rings. The van der Waals surface area contributed by atoms with E-state index < -0.39 is 6.03 Å². The van der Waals surface area contributed by atoms with E-state index in [9.17, 15) is 9.70 Å². The van der Waals surface area contributed by atoms with Crippen molar-refractivity contribution in [2.45, 2.75) is 6.54 Å². The van der Waals surface area contributed by atoms with Crippen molar-refractivity contribution >= 4 is 11.7 Å². The highest BCUT2D eigenvalue weighted by molar-refractivity contribution is 5.85. The molecule has 1 heterocycles. The largest absolute Gasteiger partial charge is 0.534 e. The molecule has 1 N–H and O–H groups in total. The number of hydrogen-bond acceptors (Lipinski definition) is 2. The zero-order chi connectivity index (χ0) is 8.55. The van der Waals surface area contributed by atoms with Gasteiger partial charge in [-0.05, 0) is 6.07 Å². The smallest absolute Gasteiger partial charge is 0.201 e. The number of carbonyl (C=O) groups excluding carboxylic acids is 1. The molecule has 0 bridgehead atoms. The van der Waals surface area contributed by atoms with Crippen LogP contribution in [0.15, 0.2) is 24.3 Å². The molecule has 2 rings (SSSR count). The zero-order valence-corrected chi connectivity index (χ0v) is 6.28. The number of carbonyl (C=O) groups is 1. The van der Waals surface area contributed by atoms with Crippen LogP contribution in [-0.4, -0.2) is 10.8 Å². The summed E-state index contributed by atoms with van der Waals surface area (Å²) in [7, 11) is 0. The van der Waals surface area contributed by atoms with Gasteiger partial charge in [-0.15, -0.1) is 0 Å². The predicted octanol–water partition coefficient (Wildman–Crippen LogP) is 1.51. The normalized spacial score (nSPS) is 15.3. The topological polar surface area (TPSA) is 49.2 Å². The molecule has 0 fully saturated rings. The van der Waals surface area contributed by atoms with Crippen LogP contribution >= 0.6 is 0 Å². The number of anilines is 1. The summed E-state index contributed by atoms with van der Waals surface area (Å²) in [5.74, 6) is 0. The number of rotatable bonds is 0. The highest BCUT2D eigenvalue weighted by Gasteiger charge is 2.28. The van der Waals surface area contributed by atoms with Gasteiger partial charge >= 0.3 is 6.03 Å². The summed E-state index contributed by atoms with van der Waals surface area (Å²) >= 11 is 0. The monoisotopic (exact) mass is 163 g/mol. The average Bonchev–Trinajstić information content (AvgIpc) is 2.07. The maximum Gasteiger partial charge on any atom is 0.534 e. The van der Waals surface area contributed by atoms with Gasteiger partial charge < -0.3 is 0 Å². The fourth-order valence-electron chi connectivity index (χ4n) is 1.18. The molecule has 0 unspecified atom stereocenters. The van der Waals surface area contributed by atoms with Gasteiger partial charge in [-0.1, -0.05) is 23.1 Å². The molecule has 0 spiro atoms. The first-order valence-electron chi connectivity index (χ1n) is 3.61. The third-order valence-electron chi connectivity index (χ3n) is 1.80. The molecule has 0 saturated heterocycles. The number of fused-ring (bicyclic) bond motifs is 1. The first-order valence-corrected chi connectivity index (χ1v) is 3.61. The Bertz CT molecular complexity index is 325. The number of nitrogens with one attached hydrogen (secondary N) is 1. The molecule has 4 nitrogen and oxygen atoms in total. The SMILES string of the molecule is O=C1Nc2ccccc2C[N+]1=O. The molecule has 0 radical (unpaired) electrons. The van der Waals surface area contributed by atoms with E-state index in [4.69, 9.17) is 0 Å². The molecular weight excluding hydrogens is 156 g/mol. The molecular formula is C8H7N2O2+. The average molecular weight is 163 g/mol. The minimum atomic E-state index is -0.589. The Morgan fingerprint density at radius 3 is 2.92 bits per heavy atom. The van der Waals surface area contributed by atoms with Crippen LogP contribution in [0.25, 0.3) is 0 Å². The molecule has 1 aliphatic rings. The third kappa shape index (κ3) is 0.972. The second kappa shape index (κ2) is 2.41. The van der Waals surface area contributed by atoms with Crippen LogP contribution in [-0.2, 0) is 6.54 Å². The van der Waals surface area contributed by atoms with Crippen LogP contribution in [0.4, 0.5) is 10.5 Å². The molecule has 60 valence electrons. The molecule has 0 saturated carbocycles. The lowest BCUT2D eigenvalue weighted by atomic mass is 10.1. The Morgan fingerprint density at radius 1 is 1.33 bits per heavy atom. The Balaban J connectivity index is 2.47. The number of amides is 2. The van der Waals surface area contributed by atoms with Gasteiger partial charge in [0.25, 0.3) is 0 Å². The molecule has 1 aliphatic heterocycles. The zero-order valence-electron chi connectivity index (χ0n) is 6.28. The Hall–Kier alpha value is -1.71. The van der Waals surface area contributed by atoms with E-state index in [-0.39, 0.29) is 6.54 Å². The van der Waals surface area contributed by atoms with Crippen molar-refractivity contribution in [2.24, 2.45) is 0 Å². The second-order valence-electron chi connectivity index (χ2n) is 2.62. The minimum Gasteiger partial charge on any atom is -0.201 e. The van der Waals surface area contributed by atoms with Gasteiger partial charge in [0, 0.05) is 10.3 Å². The fourth-order valence-corrected chi connectivity index (χ4v) is 1.18. The van der Waals surface area contributed by atoms with E-state index in [1.165, 1.54) is 0 Å². The summed E-state index contributed by atoms with van der Waals surface area (Å²) in [6.07, 6.45) is 0. The van der Waals surface area contributed by atoms with E-state index in [0.717, 1.165) is 11.3 Å². The fraction of sp³-hybridized carbons (Fsp3) is 0.125. The van der Waals surface area contributed by atoms with E-state index in [1.807, 2.05) is 18.2 Å². The van der Waals surface area contributed by atoms with Gasteiger partial charge in [-0.3, -0.25) is 0 Å². The number of para-hydroxylation sites is 1. The maximum absolute atomic E-state index is 10.9. The summed E-state index contributed by atoms with van der Waals surface area (Å²) in [5, 5.41) is 2.48. The third-order valence-corrected chi connectivity index (χ3v) is 1.80. The summed E-state index contributed by atoms with van der Waals surface area (Å²) in [6.45, 7) is 0.141. The minimum absolute atomic E-state index is 0.141. The van der Waals surface area contributed by atoms with Gasteiger partial charge in [0.05, 0.1) is 0 Å². The first kappa shape index (κ1) is 6.97. The lowest BCUT2D eigenvalue weighted by Gasteiger charge is -2.07. The molecule has 1 aromatic carbocycles.